The Morgan fingerprint density at radius 3 is 2.52 bits per heavy atom. The molecule has 0 saturated carbocycles. The molecule has 2 aliphatic rings. The highest BCUT2D eigenvalue weighted by Gasteiger charge is 2.54. The molecule has 0 aromatic rings. The molecule has 2 rings (SSSR count). The average molecular weight is 370 g/mol. The van der Waals surface area contributed by atoms with E-state index < -0.39 is 29.3 Å². The van der Waals surface area contributed by atoms with Crippen molar-refractivity contribution in [2.75, 3.05) is 12.4 Å². The molecule has 1 fully saturated rings. The number of aliphatic carboxylic acids is 1. The van der Waals surface area contributed by atoms with E-state index in [9.17, 15) is 24.3 Å². The van der Waals surface area contributed by atoms with Crippen LogP contribution in [0.3, 0.4) is 0 Å². The highest BCUT2D eigenvalue weighted by molar-refractivity contribution is 8.00. The van der Waals surface area contributed by atoms with Crippen molar-refractivity contribution in [3.8, 4) is 0 Å². The molecule has 0 aromatic heterocycles. The number of fused-ring (bicyclic) bond motifs is 1. The van der Waals surface area contributed by atoms with Gasteiger partial charge in [0, 0.05) is 24.2 Å². The zero-order chi connectivity index (χ0) is 18.7. The van der Waals surface area contributed by atoms with Gasteiger partial charge in [-0.2, -0.15) is 0 Å². The third kappa shape index (κ3) is 3.81. The van der Waals surface area contributed by atoms with E-state index in [0.717, 1.165) is 0 Å². The van der Waals surface area contributed by atoms with Gasteiger partial charge in [-0.3, -0.25) is 19.3 Å². The van der Waals surface area contributed by atoms with Crippen LogP contribution < -0.4 is 5.32 Å². The number of hydrogen-bond donors (Lipinski definition) is 2. The number of nitrogens with one attached hydrogen (secondary N) is 1. The minimum atomic E-state index is -1.24. The maximum atomic E-state index is 12.4. The fraction of sp³-hybridized carbons (Fsp3) is 0.625. The third-order valence-electron chi connectivity index (χ3n) is 4.35. The Bertz CT molecular complexity index is 628. The number of carbonyl (C=O) groups excluding carboxylic acids is 3. The molecule has 2 amide bonds. The van der Waals surface area contributed by atoms with Gasteiger partial charge in [0.25, 0.3) is 5.91 Å². The number of esters is 1. The number of thioether (sulfide) groups is 1. The largest absolute Gasteiger partial charge is 0.477 e. The summed E-state index contributed by atoms with van der Waals surface area (Å²) in [4.78, 5) is 48.3. The van der Waals surface area contributed by atoms with Gasteiger partial charge in [0.05, 0.1) is 0 Å². The summed E-state index contributed by atoms with van der Waals surface area (Å²) >= 11 is 1.35. The van der Waals surface area contributed by atoms with Crippen molar-refractivity contribution in [3.05, 3.63) is 11.3 Å². The predicted octanol–water partition coefficient (Wildman–Crippen LogP) is 0.724. The van der Waals surface area contributed by atoms with E-state index in [1.54, 1.807) is 0 Å². The number of β-lactam (4-membered cyclic amide) rings is 1. The first-order chi connectivity index (χ1) is 11.8. The minimum Gasteiger partial charge on any atom is -0.477 e. The van der Waals surface area contributed by atoms with Gasteiger partial charge < -0.3 is 15.2 Å². The van der Waals surface area contributed by atoms with E-state index in [2.05, 4.69) is 5.32 Å². The van der Waals surface area contributed by atoms with Gasteiger partial charge in [-0.1, -0.05) is 13.8 Å². The molecule has 0 radical (unpaired) electrons. The quantitative estimate of drug-likeness (QED) is 0.501. The zero-order valence-electron chi connectivity index (χ0n) is 14.4. The van der Waals surface area contributed by atoms with Crippen LogP contribution in [0.1, 0.15) is 33.6 Å². The van der Waals surface area contributed by atoms with Gasteiger partial charge in [-0.05, 0) is 12.8 Å². The van der Waals surface area contributed by atoms with Gasteiger partial charge in [0.15, 0.2) is 0 Å². The Morgan fingerprint density at radius 2 is 2.00 bits per heavy atom. The second-order valence-corrected chi connectivity index (χ2v) is 7.05. The normalized spacial score (nSPS) is 22.4. The van der Waals surface area contributed by atoms with Gasteiger partial charge in [0.2, 0.25) is 5.91 Å². The van der Waals surface area contributed by atoms with E-state index in [1.165, 1.54) is 23.6 Å². The molecule has 0 spiro atoms. The summed E-state index contributed by atoms with van der Waals surface area (Å²) in [6.07, 6.45) is 1.36. The van der Waals surface area contributed by atoms with Gasteiger partial charge in [-0.15, -0.1) is 11.8 Å². The monoisotopic (exact) mass is 370 g/mol. The van der Waals surface area contributed by atoms with E-state index in [1.807, 2.05) is 13.8 Å². The molecule has 0 bridgehead atoms. The molecule has 2 aliphatic heterocycles. The third-order valence-corrected chi connectivity index (χ3v) is 5.69. The maximum Gasteiger partial charge on any atom is 0.352 e. The van der Waals surface area contributed by atoms with Crippen LogP contribution in [0.5, 0.6) is 0 Å². The first-order valence-electron chi connectivity index (χ1n) is 8.15. The summed E-state index contributed by atoms with van der Waals surface area (Å²) in [5.41, 5.74) is 0.227. The SMILES string of the molecule is CCC(CC)C(=O)N[C@@H]1C(=O)N2C(C(=O)O)=C(COC(C)=O)CS[C@@H]12. The molecule has 9 heteroatoms. The topological polar surface area (TPSA) is 113 Å². The van der Waals surface area contributed by atoms with Crippen LogP contribution in [-0.4, -0.2) is 57.5 Å². The summed E-state index contributed by atoms with van der Waals surface area (Å²) in [5, 5.41) is 11.8. The van der Waals surface area contributed by atoms with Crippen LogP contribution in [0.4, 0.5) is 0 Å². The molecule has 25 heavy (non-hydrogen) atoms. The molecular weight excluding hydrogens is 348 g/mol. The maximum absolute atomic E-state index is 12.4. The summed E-state index contributed by atoms with van der Waals surface area (Å²) in [7, 11) is 0. The number of nitrogens with zero attached hydrogens (tertiary/aromatic N) is 1. The molecule has 2 heterocycles. The van der Waals surface area contributed by atoms with Gasteiger partial charge in [-0.25, -0.2) is 4.79 Å². The number of carbonyl (C=O) groups is 4. The van der Waals surface area contributed by atoms with Crippen molar-refractivity contribution >= 4 is 35.5 Å². The lowest BCUT2D eigenvalue weighted by molar-refractivity contribution is -0.151. The highest BCUT2D eigenvalue weighted by atomic mass is 32.2. The standard InChI is InChI=1S/C16H22N2O6S/c1-4-9(5-2)13(20)17-11-14(21)18-12(16(22)23)10(6-24-8(3)19)7-25-15(11)18/h9,11,15H,4-7H2,1-3H3,(H,17,20)(H,22,23)/t11-,15+/m1/s1. The van der Waals surface area contributed by atoms with Crippen molar-refractivity contribution in [1.82, 2.24) is 10.2 Å². The van der Waals surface area contributed by atoms with E-state index >= 15 is 0 Å². The van der Waals surface area contributed by atoms with Crippen molar-refractivity contribution in [2.45, 2.75) is 45.0 Å². The number of carboxylic acids is 1. The Kier molecular flexibility index (Phi) is 6.10. The Balaban J connectivity index is 2.14. The molecule has 0 aromatic carbocycles. The van der Waals surface area contributed by atoms with Crippen molar-refractivity contribution in [3.63, 3.8) is 0 Å². The average Bonchev–Trinajstić information content (AvgIpc) is 2.57. The van der Waals surface area contributed by atoms with Gasteiger partial charge >= 0.3 is 11.9 Å². The van der Waals surface area contributed by atoms with Crippen LogP contribution in [0.15, 0.2) is 11.3 Å². The number of amides is 2. The smallest absolute Gasteiger partial charge is 0.352 e. The summed E-state index contributed by atoms with van der Waals surface area (Å²) in [6, 6.07) is -0.720. The van der Waals surface area contributed by atoms with Crippen LogP contribution >= 0.6 is 11.8 Å². The second-order valence-electron chi connectivity index (χ2n) is 5.95. The van der Waals surface area contributed by atoms with Gasteiger partial charge in [0.1, 0.15) is 23.7 Å². The number of carboxylic acid groups (broad SMARTS) is 1. The van der Waals surface area contributed by atoms with E-state index in [-0.39, 0.29) is 24.1 Å². The lowest BCUT2D eigenvalue weighted by atomic mass is 9.99. The van der Waals surface area contributed by atoms with E-state index in [4.69, 9.17) is 4.74 Å². The highest BCUT2D eigenvalue weighted by Crippen LogP contribution is 2.40. The van der Waals surface area contributed by atoms with Crippen molar-refractivity contribution in [1.29, 1.82) is 0 Å². The Morgan fingerprint density at radius 1 is 1.36 bits per heavy atom. The number of rotatable bonds is 7. The molecule has 8 nitrogen and oxygen atoms in total. The minimum absolute atomic E-state index is 0.150. The molecule has 1 saturated heterocycles. The lowest BCUT2D eigenvalue weighted by Gasteiger charge is -2.49. The van der Waals surface area contributed by atoms with E-state index in [0.29, 0.717) is 24.2 Å². The summed E-state index contributed by atoms with van der Waals surface area (Å²) < 4.78 is 4.88. The predicted molar refractivity (Wildman–Crippen MR) is 90.4 cm³/mol. The molecule has 138 valence electrons. The first-order valence-corrected chi connectivity index (χ1v) is 9.20. The van der Waals surface area contributed by atoms with Crippen LogP contribution in [0, 0.1) is 5.92 Å². The Labute approximate surface area is 149 Å². The van der Waals surface area contributed by atoms with Crippen LogP contribution in [-0.2, 0) is 23.9 Å². The van der Waals surface area contributed by atoms with Crippen LogP contribution in [0.25, 0.3) is 0 Å². The van der Waals surface area contributed by atoms with Crippen molar-refractivity contribution < 1.29 is 29.0 Å². The Hall–Kier alpha value is -2.03. The number of hydrogen-bond acceptors (Lipinski definition) is 6. The molecule has 2 atom stereocenters. The summed E-state index contributed by atoms with van der Waals surface area (Å²) in [6.45, 7) is 4.89. The molecule has 0 unspecified atom stereocenters. The second kappa shape index (κ2) is 7.90. The van der Waals surface area contributed by atoms with Crippen LogP contribution in [0.2, 0.25) is 0 Å². The fourth-order valence-electron chi connectivity index (χ4n) is 2.91. The molecule has 2 N–H and O–H groups in total. The summed E-state index contributed by atoms with van der Waals surface area (Å²) in [5.74, 6) is -2.24. The fourth-order valence-corrected chi connectivity index (χ4v) is 4.24. The first kappa shape index (κ1) is 19.3. The zero-order valence-corrected chi connectivity index (χ0v) is 15.2. The van der Waals surface area contributed by atoms with Crippen molar-refractivity contribution in [2.24, 2.45) is 5.92 Å². The molecular formula is C16H22N2O6S. The lowest BCUT2D eigenvalue weighted by Crippen LogP contribution is -2.71. The number of ether oxygens (including phenoxy) is 1. The molecule has 0 aliphatic carbocycles.